The Bertz CT molecular complexity index is 729. The van der Waals surface area contributed by atoms with Gasteiger partial charge in [0.2, 0.25) is 5.95 Å². The predicted molar refractivity (Wildman–Crippen MR) is 90.8 cm³/mol. The Balaban J connectivity index is 1.74. The van der Waals surface area contributed by atoms with Crippen molar-refractivity contribution < 1.29 is 9.18 Å². The molecule has 0 saturated heterocycles. The monoisotopic (exact) mass is 328 g/mol. The van der Waals surface area contributed by atoms with E-state index in [-0.39, 0.29) is 23.7 Å². The highest BCUT2D eigenvalue weighted by molar-refractivity contribution is 5.92. The minimum absolute atomic E-state index is 0.185. The van der Waals surface area contributed by atoms with Gasteiger partial charge in [0.05, 0.1) is 0 Å². The number of aryl methyl sites for hydroxylation is 1. The van der Waals surface area contributed by atoms with E-state index in [0.29, 0.717) is 17.1 Å². The highest BCUT2D eigenvalue weighted by atomic mass is 19.1. The van der Waals surface area contributed by atoms with Crippen molar-refractivity contribution in [2.45, 2.75) is 45.1 Å². The number of amides is 1. The van der Waals surface area contributed by atoms with Crippen molar-refractivity contribution in [1.82, 2.24) is 15.3 Å². The van der Waals surface area contributed by atoms with Crippen LogP contribution in [0.1, 0.15) is 48.3 Å². The van der Waals surface area contributed by atoms with Crippen molar-refractivity contribution in [3.8, 4) is 0 Å². The number of halogens is 1. The highest BCUT2D eigenvalue weighted by Crippen LogP contribution is 2.18. The Morgan fingerprint density at radius 2 is 1.96 bits per heavy atom. The van der Waals surface area contributed by atoms with Crippen LogP contribution in [0.15, 0.2) is 30.3 Å². The number of anilines is 2. The largest absolute Gasteiger partial charge is 0.348 e. The molecule has 126 valence electrons. The van der Waals surface area contributed by atoms with Crippen LogP contribution in [0.5, 0.6) is 0 Å². The van der Waals surface area contributed by atoms with Crippen LogP contribution in [0.2, 0.25) is 0 Å². The lowest BCUT2D eigenvalue weighted by atomic mass is 9.95. The van der Waals surface area contributed by atoms with Crippen LogP contribution in [-0.2, 0) is 0 Å². The summed E-state index contributed by atoms with van der Waals surface area (Å²) in [6, 6.07) is 7.93. The normalized spacial score (nSPS) is 15.1. The van der Waals surface area contributed by atoms with Crippen LogP contribution in [0, 0.1) is 12.7 Å². The lowest BCUT2D eigenvalue weighted by molar-refractivity contribution is 0.0922. The molecule has 0 aliphatic heterocycles. The van der Waals surface area contributed by atoms with Crippen molar-refractivity contribution in [3.05, 3.63) is 47.5 Å². The number of benzene rings is 1. The van der Waals surface area contributed by atoms with Crippen LogP contribution in [0.25, 0.3) is 0 Å². The Morgan fingerprint density at radius 1 is 1.17 bits per heavy atom. The molecule has 1 aromatic heterocycles. The molecule has 1 saturated carbocycles. The molecule has 1 fully saturated rings. The van der Waals surface area contributed by atoms with E-state index in [2.05, 4.69) is 20.6 Å². The molecule has 1 heterocycles. The number of rotatable bonds is 4. The molecule has 2 N–H and O–H groups in total. The molecule has 0 radical (unpaired) electrons. The molecule has 1 aliphatic carbocycles. The van der Waals surface area contributed by atoms with E-state index >= 15 is 0 Å². The summed E-state index contributed by atoms with van der Waals surface area (Å²) in [6.07, 6.45) is 5.58. The Labute approximate surface area is 140 Å². The minimum atomic E-state index is -0.345. The van der Waals surface area contributed by atoms with Gasteiger partial charge in [-0.2, -0.15) is 0 Å². The van der Waals surface area contributed by atoms with Crippen LogP contribution < -0.4 is 10.6 Å². The summed E-state index contributed by atoms with van der Waals surface area (Å²) in [6.45, 7) is 1.80. The molecule has 5 nitrogen and oxygen atoms in total. The van der Waals surface area contributed by atoms with Crippen LogP contribution in [0.3, 0.4) is 0 Å². The fourth-order valence-corrected chi connectivity index (χ4v) is 2.94. The summed E-state index contributed by atoms with van der Waals surface area (Å²) in [5.74, 6) is -0.244. The molecule has 3 rings (SSSR count). The predicted octanol–water partition coefficient (Wildman–Crippen LogP) is 3.73. The third-order valence-electron chi connectivity index (χ3n) is 4.11. The van der Waals surface area contributed by atoms with Gasteiger partial charge >= 0.3 is 0 Å². The van der Waals surface area contributed by atoms with Gasteiger partial charge < -0.3 is 10.6 Å². The van der Waals surface area contributed by atoms with E-state index in [1.165, 1.54) is 18.6 Å². The van der Waals surface area contributed by atoms with Gasteiger partial charge in [0.15, 0.2) is 0 Å². The number of hydrogen-bond acceptors (Lipinski definition) is 4. The fourth-order valence-electron chi connectivity index (χ4n) is 2.94. The molecule has 6 heteroatoms. The van der Waals surface area contributed by atoms with Crippen molar-refractivity contribution in [3.63, 3.8) is 0 Å². The minimum Gasteiger partial charge on any atom is -0.348 e. The number of hydrogen-bond donors (Lipinski definition) is 2. The molecule has 2 aromatic rings. The number of carbonyl (C=O) groups is 1. The van der Waals surface area contributed by atoms with Crippen molar-refractivity contribution in [2.75, 3.05) is 5.32 Å². The molecule has 0 spiro atoms. The van der Waals surface area contributed by atoms with Gasteiger partial charge in [-0.25, -0.2) is 14.4 Å². The fraction of sp³-hybridized carbons (Fsp3) is 0.389. The van der Waals surface area contributed by atoms with Gasteiger partial charge in [0, 0.05) is 17.4 Å². The van der Waals surface area contributed by atoms with Gasteiger partial charge in [-0.3, -0.25) is 4.79 Å². The number of carbonyl (C=O) groups excluding carboxylic acids is 1. The van der Waals surface area contributed by atoms with E-state index in [0.717, 1.165) is 25.7 Å². The first-order valence-electron chi connectivity index (χ1n) is 8.29. The quantitative estimate of drug-likeness (QED) is 0.897. The van der Waals surface area contributed by atoms with E-state index in [9.17, 15) is 9.18 Å². The second-order valence-corrected chi connectivity index (χ2v) is 6.16. The van der Waals surface area contributed by atoms with Crippen molar-refractivity contribution in [1.29, 1.82) is 0 Å². The smallest absolute Gasteiger partial charge is 0.270 e. The van der Waals surface area contributed by atoms with E-state index < -0.39 is 0 Å². The highest BCUT2D eigenvalue weighted by Gasteiger charge is 2.18. The average molecular weight is 328 g/mol. The first-order valence-corrected chi connectivity index (χ1v) is 8.29. The number of nitrogens with one attached hydrogen (secondary N) is 2. The van der Waals surface area contributed by atoms with Crippen molar-refractivity contribution in [2.24, 2.45) is 0 Å². The summed E-state index contributed by atoms with van der Waals surface area (Å²) in [7, 11) is 0. The summed E-state index contributed by atoms with van der Waals surface area (Å²) >= 11 is 0. The maximum atomic E-state index is 13.3. The zero-order valence-corrected chi connectivity index (χ0v) is 13.7. The Kier molecular flexibility index (Phi) is 5.03. The van der Waals surface area contributed by atoms with E-state index in [1.807, 2.05) is 0 Å². The molecular weight excluding hydrogens is 307 g/mol. The second kappa shape index (κ2) is 7.38. The molecule has 1 amide bonds. The standard InChI is InChI=1S/C18H21FN4O/c1-12-10-16(17(24)21-14-7-3-2-4-8-14)23-18(20-12)22-15-9-5-6-13(19)11-15/h5-6,9-11,14H,2-4,7-8H2,1H3,(H,21,24)(H,20,22,23). The van der Waals surface area contributed by atoms with Gasteiger partial charge in [0.1, 0.15) is 11.5 Å². The Morgan fingerprint density at radius 3 is 2.71 bits per heavy atom. The summed E-state index contributed by atoms with van der Waals surface area (Å²) in [4.78, 5) is 21.0. The first kappa shape index (κ1) is 16.4. The van der Waals surface area contributed by atoms with E-state index in [1.54, 1.807) is 25.1 Å². The SMILES string of the molecule is Cc1cc(C(=O)NC2CCCCC2)nc(Nc2cccc(F)c2)n1. The summed E-state index contributed by atoms with van der Waals surface area (Å²) in [5.41, 5.74) is 1.55. The van der Waals surface area contributed by atoms with Crippen LogP contribution in [0.4, 0.5) is 16.0 Å². The zero-order chi connectivity index (χ0) is 16.9. The summed E-state index contributed by atoms with van der Waals surface area (Å²) < 4.78 is 13.3. The van der Waals surface area contributed by atoms with Crippen molar-refractivity contribution >= 4 is 17.5 Å². The van der Waals surface area contributed by atoms with Gasteiger partial charge in [-0.15, -0.1) is 0 Å². The van der Waals surface area contributed by atoms with Crippen LogP contribution >= 0.6 is 0 Å². The lowest BCUT2D eigenvalue weighted by Gasteiger charge is -2.22. The van der Waals surface area contributed by atoms with E-state index in [4.69, 9.17) is 0 Å². The third kappa shape index (κ3) is 4.28. The molecule has 0 unspecified atom stereocenters. The molecule has 0 atom stereocenters. The first-order chi connectivity index (χ1) is 11.6. The third-order valence-corrected chi connectivity index (χ3v) is 4.11. The maximum Gasteiger partial charge on any atom is 0.270 e. The maximum absolute atomic E-state index is 13.3. The Hall–Kier alpha value is -2.50. The molecule has 0 bridgehead atoms. The second-order valence-electron chi connectivity index (χ2n) is 6.16. The topological polar surface area (TPSA) is 66.9 Å². The number of nitrogens with zero attached hydrogens (tertiary/aromatic N) is 2. The van der Waals surface area contributed by atoms with Gasteiger partial charge in [-0.05, 0) is 44.0 Å². The average Bonchev–Trinajstić information content (AvgIpc) is 2.55. The van der Waals surface area contributed by atoms with Gasteiger partial charge in [-0.1, -0.05) is 25.3 Å². The molecule has 1 aliphatic rings. The molecule has 1 aromatic carbocycles. The lowest BCUT2D eigenvalue weighted by Crippen LogP contribution is -2.36. The zero-order valence-electron chi connectivity index (χ0n) is 13.7. The van der Waals surface area contributed by atoms with Crippen LogP contribution in [-0.4, -0.2) is 21.9 Å². The molecule has 24 heavy (non-hydrogen) atoms. The number of aromatic nitrogens is 2. The van der Waals surface area contributed by atoms with Gasteiger partial charge in [0.25, 0.3) is 5.91 Å². The molecular formula is C18H21FN4O. The summed E-state index contributed by atoms with van der Waals surface area (Å²) in [5, 5.41) is 5.99.